The lowest BCUT2D eigenvalue weighted by Gasteiger charge is -2.08. The third kappa shape index (κ3) is 5.75. The fourth-order valence-electron chi connectivity index (χ4n) is 2.24. The molecule has 2 aromatic carbocycles. The zero-order chi connectivity index (χ0) is 16.5. The van der Waals surface area contributed by atoms with E-state index in [1.54, 1.807) is 0 Å². The molecule has 122 valence electrons. The number of rotatable bonds is 8. The molecular formula is C19H23NO3. The highest BCUT2D eigenvalue weighted by molar-refractivity contribution is 5.69. The summed E-state index contributed by atoms with van der Waals surface area (Å²) in [6.45, 7) is 3.05. The Hall–Kier alpha value is -2.33. The van der Waals surface area contributed by atoms with Crippen LogP contribution in [0.2, 0.25) is 0 Å². The van der Waals surface area contributed by atoms with E-state index in [2.05, 4.69) is 5.32 Å². The summed E-state index contributed by atoms with van der Waals surface area (Å²) in [6.07, 6.45) is 1.11. The van der Waals surface area contributed by atoms with E-state index in [4.69, 9.17) is 9.84 Å². The normalized spacial score (nSPS) is 10.3. The molecule has 2 N–H and O–H groups in total. The number of anilines is 1. The zero-order valence-corrected chi connectivity index (χ0v) is 13.4. The molecule has 0 aromatic heterocycles. The van der Waals surface area contributed by atoms with Crippen molar-refractivity contribution in [3.05, 3.63) is 65.2 Å². The molecule has 0 saturated heterocycles. The van der Waals surface area contributed by atoms with Crippen molar-refractivity contribution in [1.82, 2.24) is 0 Å². The summed E-state index contributed by atoms with van der Waals surface area (Å²) < 4.78 is 4.92. The highest BCUT2D eigenvalue weighted by Gasteiger charge is 2.02. The van der Waals surface area contributed by atoms with E-state index in [1.165, 1.54) is 0 Å². The molecule has 0 heterocycles. The number of ether oxygens (including phenoxy) is 1. The number of carbonyl (C=O) groups is 1. The third-order valence-electron chi connectivity index (χ3n) is 3.58. The predicted molar refractivity (Wildman–Crippen MR) is 91.1 cm³/mol. The Morgan fingerprint density at radius 3 is 2.22 bits per heavy atom. The second-order valence-corrected chi connectivity index (χ2v) is 5.33. The Bertz CT molecular complexity index is 606. The summed E-state index contributed by atoms with van der Waals surface area (Å²) in [6, 6.07) is 15.9. The first-order valence-corrected chi connectivity index (χ1v) is 7.88. The Kier molecular flexibility index (Phi) is 6.63. The summed E-state index contributed by atoms with van der Waals surface area (Å²) in [5, 5.41) is 12.4. The van der Waals surface area contributed by atoms with Crippen LogP contribution in [0.4, 0.5) is 5.69 Å². The molecule has 0 amide bonds. The summed E-state index contributed by atoms with van der Waals surface area (Å²) in [4.78, 5) is 11.3. The van der Waals surface area contributed by atoms with E-state index in [9.17, 15) is 4.79 Å². The van der Waals surface area contributed by atoms with Gasteiger partial charge in [0, 0.05) is 18.7 Å². The predicted octanol–water partition coefficient (Wildman–Crippen LogP) is 3.29. The number of nitrogens with one attached hydrogen (secondary N) is 1. The third-order valence-corrected chi connectivity index (χ3v) is 3.58. The van der Waals surface area contributed by atoms with Gasteiger partial charge in [0.15, 0.2) is 0 Å². The summed E-state index contributed by atoms with van der Waals surface area (Å²) in [5.74, 6) is -0.152. The fraction of sp³-hybridized carbons (Fsp3) is 0.316. The maximum atomic E-state index is 11.3. The van der Waals surface area contributed by atoms with Crippen molar-refractivity contribution in [2.24, 2.45) is 0 Å². The van der Waals surface area contributed by atoms with Gasteiger partial charge in [-0.3, -0.25) is 4.79 Å². The van der Waals surface area contributed by atoms with Gasteiger partial charge < -0.3 is 15.2 Å². The number of aliphatic hydroxyl groups is 1. The second kappa shape index (κ2) is 8.96. The van der Waals surface area contributed by atoms with Crippen LogP contribution in [0.3, 0.4) is 0 Å². The number of aliphatic hydroxyl groups excluding tert-OH is 1. The largest absolute Gasteiger partial charge is 0.466 e. The van der Waals surface area contributed by atoms with Crippen molar-refractivity contribution < 1.29 is 14.6 Å². The number of hydrogen-bond donors (Lipinski definition) is 2. The molecule has 0 bridgehead atoms. The van der Waals surface area contributed by atoms with Gasteiger partial charge in [-0.25, -0.2) is 0 Å². The van der Waals surface area contributed by atoms with Crippen LogP contribution in [0.1, 0.15) is 30.0 Å². The first-order valence-electron chi connectivity index (χ1n) is 7.88. The Morgan fingerprint density at radius 2 is 1.61 bits per heavy atom. The van der Waals surface area contributed by atoms with Crippen molar-refractivity contribution in [2.45, 2.75) is 32.9 Å². The number of esters is 1. The molecule has 2 aromatic rings. The van der Waals surface area contributed by atoms with Gasteiger partial charge in [-0.1, -0.05) is 36.4 Å². The van der Waals surface area contributed by atoms with E-state index in [0.717, 1.165) is 28.9 Å². The minimum atomic E-state index is -0.152. The Balaban J connectivity index is 1.81. The lowest BCUT2D eigenvalue weighted by atomic mass is 10.1. The molecule has 0 aliphatic heterocycles. The smallest absolute Gasteiger partial charge is 0.306 e. The average molecular weight is 313 g/mol. The molecule has 0 atom stereocenters. The Morgan fingerprint density at radius 1 is 1.00 bits per heavy atom. The van der Waals surface area contributed by atoms with E-state index >= 15 is 0 Å². The average Bonchev–Trinajstić information content (AvgIpc) is 2.60. The molecule has 0 aliphatic rings. The van der Waals surface area contributed by atoms with Gasteiger partial charge in [0.25, 0.3) is 0 Å². The highest BCUT2D eigenvalue weighted by atomic mass is 16.5. The van der Waals surface area contributed by atoms with Crippen LogP contribution in [0.5, 0.6) is 0 Å². The van der Waals surface area contributed by atoms with E-state index in [1.807, 2.05) is 55.5 Å². The van der Waals surface area contributed by atoms with Gasteiger partial charge >= 0.3 is 5.97 Å². The summed E-state index contributed by atoms with van der Waals surface area (Å²) >= 11 is 0. The lowest BCUT2D eigenvalue weighted by molar-refractivity contribution is -0.143. The number of hydrogen-bond acceptors (Lipinski definition) is 4. The molecule has 0 aliphatic carbocycles. The summed E-state index contributed by atoms with van der Waals surface area (Å²) in [7, 11) is 0. The standard InChI is InChI=1S/C19H23NO3/c1-2-23-19(22)12-9-15-7-10-18(11-8-15)20-13-16-3-5-17(14-21)6-4-16/h3-8,10-11,20-21H,2,9,12-14H2,1H3. The van der Waals surface area contributed by atoms with E-state index < -0.39 is 0 Å². The van der Waals surface area contributed by atoms with Gasteiger partial charge in [-0.05, 0) is 42.2 Å². The topological polar surface area (TPSA) is 58.6 Å². The van der Waals surface area contributed by atoms with Crippen LogP contribution in [-0.2, 0) is 29.1 Å². The zero-order valence-electron chi connectivity index (χ0n) is 13.4. The lowest BCUT2D eigenvalue weighted by Crippen LogP contribution is -2.05. The van der Waals surface area contributed by atoms with Crippen LogP contribution in [-0.4, -0.2) is 17.7 Å². The van der Waals surface area contributed by atoms with Crippen LogP contribution in [0, 0.1) is 0 Å². The minimum absolute atomic E-state index is 0.0704. The molecular weight excluding hydrogens is 290 g/mol. The van der Waals surface area contributed by atoms with Crippen molar-refractivity contribution in [3.63, 3.8) is 0 Å². The van der Waals surface area contributed by atoms with Crippen molar-refractivity contribution in [3.8, 4) is 0 Å². The van der Waals surface area contributed by atoms with Gasteiger partial charge in [0.1, 0.15) is 0 Å². The van der Waals surface area contributed by atoms with Gasteiger partial charge in [-0.2, -0.15) is 0 Å². The maximum Gasteiger partial charge on any atom is 0.306 e. The van der Waals surface area contributed by atoms with E-state index in [-0.39, 0.29) is 12.6 Å². The van der Waals surface area contributed by atoms with Gasteiger partial charge in [0.05, 0.1) is 13.2 Å². The highest BCUT2D eigenvalue weighted by Crippen LogP contribution is 2.13. The van der Waals surface area contributed by atoms with Crippen molar-refractivity contribution in [1.29, 1.82) is 0 Å². The molecule has 23 heavy (non-hydrogen) atoms. The SMILES string of the molecule is CCOC(=O)CCc1ccc(NCc2ccc(CO)cc2)cc1. The fourth-order valence-corrected chi connectivity index (χ4v) is 2.24. The Labute approximate surface area is 137 Å². The van der Waals surface area contributed by atoms with Crippen LogP contribution < -0.4 is 5.32 Å². The molecule has 0 saturated carbocycles. The second-order valence-electron chi connectivity index (χ2n) is 5.33. The molecule has 4 nitrogen and oxygen atoms in total. The van der Waals surface area contributed by atoms with E-state index in [0.29, 0.717) is 19.4 Å². The molecule has 4 heteroatoms. The maximum absolute atomic E-state index is 11.3. The van der Waals surface area contributed by atoms with Crippen LogP contribution >= 0.6 is 0 Å². The van der Waals surface area contributed by atoms with Crippen molar-refractivity contribution in [2.75, 3.05) is 11.9 Å². The monoisotopic (exact) mass is 313 g/mol. The van der Waals surface area contributed by atoms with Crippen molar-refractivity contribution >= 4 is 11.7 Å². The molecule has 2 rings (SSSR count). The number of aryl methyl sites for hydroxylation is 1. The quantitative estimate of drug-likeness (QED) is 0.734. The van der Waals surface area contributed by atoms with Crippen LogP contribution in [0.15, 0.2) is 48.5 Å². The minimum Gasteiger partial charge on any atom is -0.466 e. The van der Waals surface area contributed by atoms with Gasteiger partial charge in [-0.15, -0.1) is 0 Å². The number of benzene rings is 2. The summed E-state index contributed by atoms with van der Waals surface area (Å²) in [5.41, 5.74) is 4.24. The molecule has 0 fully saturated rings. The van der Waals surface area contributed by atoms with Gasteiger partial charge in [0.2, 0.25) is 0 Å². The first kappa shape index (κ1) is 17.0. The molecule has 0 unspecified atom stereocenters. The first-order chi connectivity index (χ1) is 11.2. The number of carbonyl (C=O) groups excluding carboxylic acids is 1. The van der Waals surface area contributed by atoms with Crippen LogP contribution in [0.25, 0.3) is 0 Å². The molecule has 0 radical (unpaired) electrons. The molecule has 0 spiro atoms.